The smallest absolute Gasteiger partial charge is 0.425 e. The zero-order chi connectivity index (χ0) is 26.5. The third-order valence-corrected chi connectivity index (χ3v) is 5.19. The summed E-state index contributed by atoms with van der Waals surface area (Å²) in [6.45, 7) is 0. The first kappa shape index (κ1) is 24.8. The second-order valence-corrected chi connectivity index (χ2v) is 7.81. The molecule has 0 aliphatic heterocycles. The third-order valence-electron chi connectivity index (χ3n) is 4.96. The van der Waals surface area contributed by atoms with Gasteiger partial charge in [0.1, 0.15) is 5.69 Å². The fourth-order valence-electron chi connectivity index (χ4n) is 3.43. The summed E-state index contributed by atoms with van der Waals surface area (Å²) in [5.74, 6) is -1.65. The van der Waals surface area contributed by atoms with Gasteiger partial charge in [0.05, 0.1) is 10.5 Å². The lowest BCUT2D eigenvalue weighted by Gasteiger charge is -2.11. The first-order chi connectivity index (χ1) is 17.7. The molecule has 4 aromatic rings. The van der Waals surface area contributed by atoms with Crippen molar-refractivity contribution in [3.8, 4) is 22.4 Å². The topological polar surface area (TPSA) is 181 Å². The van der Waals surface area contributed by atoms with E-state index in [9.17, 15) is 29.6 Å². The molecule has 0 unspecified atom stereocenters. The highest BCUT2D eigenvalue weighted by Crippen LogP contribution is 2.36. The summed E-state index contributed by atoms with van der Waals surface area (Å²) in [5.41, 5.74) is 6.68. The van der Waals surface area contributed by atoms with Gasteiger partial charge in [-0.2, -0.15) is 9.89 Å². The Labute approximate surface area is 212 Å². The van der Waals surface area contributed by atoms with Crippen LogP contribution in [0.1, 0.15) is 20.8 Å². The number of hydrogen-bond donors (Lipinski definition) is 4. The Hall–Kier alpha value is -5.30. The van der Waals surface area contributed by atoms with Gasteiger partial charge in [-0.3, -0.25) is 35.5 Å². The van der Waals surface area contributed by atoms with Crippen LogP contribution in [0.4, 0.5) is 10.5 Å². The molecule has 37 heavy (non-hydrogen) atoms. The van der Waals surface area contributed by atoms with Crippen LogP contribution in [0.5, 0.6) is 0 Å². The number of halogens is 1. The molecule has 0 bridgehead atoms. The first-order valence-electron chi connectivity index (χ1n) is 10.4. The highest BCUT2D eigenvalue weighted by molar-refractivity contribution is 6.30. The molecule has 0 aliphatic carbocycles. The summed E-state index contributed by atoms with van der Waals surface area (Å²) >= 11 is 6.13. The highest BCUT2D eigenvalue weighted by atomic mass is 35.5. The number of nitro groups is 1. The predicted molar refractivity (Wildman–Crippen MR) is 131 cm³/mol. The fraction of sp³-hybridized carbons (Fsp3) is 0. The van der Waals surface area contributed by atoms with E-state index in [-0.39, 0.29) is 33.8 Å². The summed E-state index contributed by atoms with van der Waals surface area (Å²) in [7, 11) is 0. The van der Waals surface area contributed by atoms with Gasteiger partial charge in [0.15, 0.2) is 5.69 Å². The van der Waals surface area contributed by atoms with Crippen LogP contribution >= 0.6 is 11.6 Å². The summed E-state index contributed by atoms with van der Waals surface area (Å²) in [6.07, 6.45) is 1.21. The number of carboxylic acid groups (broad SMARTS) is 1. The van der Waals surface area contributed by atoms with Gasteiger partial charge < -0.3 is 5.11 Å². The van der Waals surface area contributed by atoms with Gasteiger partial charge in [-0.25, -0.2) is 10.2 Å². The molecule has 186 valence electrons. The van der Waals surface area contributed by atoms with Crippen molar-refractivity contribution in [1.82, 2.24) is 25.7 Å². The van der Waals surface area contributed by atoms with Crippen molar-refractivity contribution in [1.29, 1.82) is 0 Å². The number of benzene rings is 2. The van der Waals surface area contributed by atoms with Gasteiger partial charge in [-0.15, -0.1) is 0 Å². The SMILES string of the molecule is O=C(O)Nn1nc(-c2cccc(Cl)c2)c(-c2cccc([N+](=O)[O-])c2)c1C(=O)NNC(=O)c1cccnc1. The number of nitrogens with one attached hydrogen (secondary N) is 3. The minimum absolute atomic E-state index is 0.0489. The summed E-state index contributed by atoms with van der Waals surface area (Å²) in [5, 5.41) is 25.3. The maximum atomic E-state index is 13.3. The molecule has 13 nitrogen and oxygen atoms in total. The van der Waals surface area contributed by atoms with Crippen LogP contribution in [0.2, 0.25) is 5.02 Å². The van der Waals surface area contributed by atoms with Crippen LogP contribution < -0.4 is 16.3 Å². The van der Waals surface area contributed by atoms with Crippen molar-refractivity contribution < 1.29 is 24.4 Å². The Kier molecular flexibility index (Phi) is 7.06. The highest BCUT2D eigenvalue weighted by Gasteiger charge is 2.28. The lowest BCUT2D eigenvalue weighted by atomic mass is 9.98. The fourth-order valence-corrected chi connectivity index (χ4v) is 3.62. The van der Waals surface area contributed by atoms with Crippen molar-refractivity contribution in [2.75, 3.05) is 5.43 Å². The van der Waals surface area contributed by atoms with E-state index in [0.717, 1.165) is 0 Å². The zero-order valence-corrected chi connectivity index (χ0v) is 19.3. The second-order valence-electron chi connectivity index (χ2n) is 7.37. The Bertz CT molecular complexity index is 1520. The number of amides is 3. The maximum absolute atomic E-state index is 13.3. The minimum atomic E-state index is -1.54. The minimum Gasteiger partial charge on any atom is -0.464 e. The lowest BCUT2D eigenvalue weighted by molar-refractivity contribution is -0.384. The van der Waals surface area contributed by atoms with Crippen molar-refractivity contribution >= 4 is 35.2 Å². The average Bonchev–Trinajstić information content (AvgIpc) is 3.26. The van der Waals surface area contributed by atoms with Crippen LogP contribution in [-0.4, -0.2) is 42.8 Å². The number of nitrogens with zero attached hydrogens (tertiary/aromatic N) is 4. The molecule has 2 aromatic heterocycles. The number of pyridine rings is 1. The number of non-ortho nitro benzene ring substituents is 1. The monoisotopic (exact) mass is 521 g/mol. The Morgan fingerprint density at radius 3 is 2.38 bits per heavy atom. The molecule has 14 heteroatoms. The van der Waals surface area contributed by atoms with Gasteiger partial charge in [-0.1, -0.05) is 35.9 Å². The third kappa shape index (κ3) is 5.52. The van der Waals surface area contributed by atoms with Crippen molar-refractivity contribution in [3.63, 3.8) is 0 Å². The van der Waals surface area contributed by atoms with Gasteiger partial charge in [0.2, 0.25) is 0 Å². The lowest BCUT2D eigenvalue weighted by Crippen LogP contribution is -2.43. The largest absolute Gasteiger partial charge is 0.464 e. The molecule has 0 spiro atoms. The van der Waals surface area contributed by atoms with Gasteiger partial charge in [0.25, 0.3) is 17.5 Å². The number of carbonyl (C=O) groups excluding carboxylic acids is 2. The quantitative estimate of drug-likeness (QED) is 0.219. The van der Waals surface area contributed by atoms with E-state index < -0.39 is 22.8 Å². The molecular weight excluding hydrogens is 506 g/mol. The molecule has 0 saturated carbocycles. The van der Waals surface area contributed by atoms with Gasteiger partial charge >= 0.3 is 6.09 Å². The van der Waals surface area contributed by atoms with Crippen molar-refractivity contribution in [2.45, 2.75) is 0 Å². The second kappa shape index (κ2) is 10.5. The van der Waals surface area contributed by atoms with E-state index in [2.05, 4.69) is 20.9 Å². The molecule has 0 fully saturated rings. The summed E-state index contributed by atoms with van der Waals surface area (Å²) in [4.78, 5) is 52.5. The Balaban J connectivity index is 1.86. The Morgan fingerprint density at radius 1 is 0.973 bits per heavy atom. The van der Waals surface area contributed by atoms with Crippen LogP contribution in [0.25, 0.3) is 22.4 Å². The molecule has 0 saturated heterocycles. The number of hydrogen-bond acceptors (Lipinski definition) is 7. The number of carbonyl (C=O) groups is 3. The molecule has 4 rings (SSSR count). The van der Waals surface area contributed by atoms with E-state index in [1.807, 2.05) is 5.43 Å². The molecule has 0 radical (unpaired) electrons. The first-order valence-corrected chi connectivity index (χ1v) is 10.8. The predicted octanol–water partition coefficient (Wildman–Crippen LogP) is 3.47. The van der Waals surface area contributed by atoms with Gasteiger partial charge in [0, 0.05) is 40.7 Å². The molecule has 0 atom stereocenters. The zero-order valence-electron chi connectivity index (χ0n) is 18.6. The van der Waals surface area contributed by atoms with E-state index in [0.29, 0.717) is 15.4 Å². The number of aromatic nitrogens is 3. The standard InChI is InChI=1S/C23H16ClN7O6/c24-16-7-1-5-14(10-16)19-18(13-4-2-8-17(11-13)31(36)37)20(30(28-19)29-23(34)35)22(33)27-26-21(32)15-6-3-9-25-12-15/h1-12,29H,(H,26,32)(H,27,33)(H,34,35). The van der Waals surface area contributed by atoms with E-state index in [4.69, 9.17) is 11.6 Å². The molecule has 3 amide bonds. The Morgan fingerprint density at radius 2 is 1.70 bits per heavy atom. The van der Waals surface area contributed by atoms with E-state index in [1.165, 1.54) is 54.9 Å². The van der Waals surface area contributed by atoms with Crippen LogP contribution in [0, 0.1) is 10.1 Å². The molecular formula is C23H16ClN7O6. The number of rotatable bonds is 6. The summed E-state index contributed by atoms with van der Waals surface area (Å²) in [6, 6.07) is 14.7. The normalized spacial score (nSPS) is 10.4. The summed E-state index contributed by atoms with van der Waals surface area (Å²) < 4.78 is 0. The number of hydrazine groups is 1. The van der Waals surface area contributed by atoms with Crippen LogP contribution in [0.15, 0.2) is 73.1 Å². The van der Waals surface area contributed by atoms with Gasteiger partial charge in [-0.05, 0) is 29.8 Å². The molecule has 2 aromatic carbocycles. The average molecular weight is 522 g/mol. The van der Waals surface area contributed by atoms with E-state index in [1.54, 1.807) is 18.2 Å². The maximum Gasteiger partial charge on any atom is 0.425 e. The molecule has 0 aliphatic rings. The number of nitro benzene ring substituents is 1. The van der Waals surface area contributed by atoms with Crippen LogP contribution in [0.3, 0.4) is 0 Å². The van der Waals surface area contributed by atoms with Crippen molar-refractivity contribution in [3.05, 3.63) is 99.5 Å². The van der Waals surface area contributed by atoms with E-state index >= 15 is 0 Å². The molecule has 4 N–H and O–H groups in total. The molecule has 2 heterocycles. The van der Waals surface area contributed by atoms with Crippen LogP contribution in [-0.2, 0) is 0 Å². The van der Waals surface area contributed by atoms with Crippen molar-refractivity contribution in [2.24, 2.45) is 0 Å².